The second-order valence-corrected chi connectivity index (χ2v) is 5.66. The molecule has 4 nitrogen and oxygen atoms in total. The van der Waals surface area contributed by atoms with Crippen LogP contribution in [0.2, 0.25) is 0 Å². The van der Waals surface area contributed by atoms with Crippen molar-refractivity contribution < 1.29 is 18.7 Å². The highest BCUT2D eigenvalue weighted by molar-refractivity contribution is 6.08. The molecule has 0 radical (unpaired) electrons. The maximum Gasteiger partial charge on any atom is 0.315 e. The molecule has 2 aromatic carbocycles. The van der Waals surface area contributed by atoms with Crippen LogP contribution in [-0.4, -0.2) is 19.0 Å². The van der Waals surface area contributed by atoms with E-state index in [1.54, 1.807) is 13.0 Å². The Kier molecular flexibility index (Phi) is 5.34. The molecule has 2 rings (SSSR count). The minimum Gasteiger partial charge on any atom is -0.469 e. The predicted octanol–water partition coefficient (Wildman–Crippen LogP) is 3.98. The molecule has 24 heavy (non-hydrogen) atoms. The SMILES string of the molecule is COC(=O)CC(=O)N(c1ccc(F)c(C)c1)c1c(C)cccc1C. The molecular weight excluding hydrogens is 309 g/mol. The number of nitrogens with zero attached hydrogens (tertiary/aromatic N) is 1. The maximum atomic E-state index is 13.6. The van der Waals surface area contributed by atoms with Gasteiger partial charge in [-0.3, -0.25) is 14.5 Å². The number of halogens is 1. The van der Waals surface area contributed by atoms with Crippen molar-refractivity contribution in [3.8, 4) is 0 Å². The molecule has 0 unspecified atom stereocenters. The van der Waals surface area contributed by atoms with Crippen LogP contribution >= 0.6 is 0 Å². The number of benzene rings is 2. The van der Waals surface area contributed by atoms with Crippen LogP contribution in [0.3, 0.4) is 0 Å². The molecule has 0 aliphatic heterocycles. The van der Waals surface area contributed by atoms with Crippen molar-refractivity contribution >= 4 is 23.3 Å². The van der Waals surface area contributed by atoms with Crippen molar-refractivity contribution in [2.24, 2.45) is 0 Å². The second-order valence-electron chi connectivity index (χ2n) is 5.66. The molecule has 0 saturated carbocycles. The molecule has 0 N–H and O–H groups in total. The number of aryl methyl sites for hydroxylation is 3. The van der Waals surface area contributed by atoms with Crippen LogP contribution in [0.5, 0.6) is 0 Å². The summed E-state index contributed by atoms with van der Waals surface area (Å²) in [6.07, 6.45) is -0.388. The maximum absolute atomic E-state index is 13.6. The van der Waals surface area contributed by atoms with Gasteiger partial charge in [0.2, 0.25) is 5.91 Å². The number of methoxy groups -OCH3 is 1. The van der Waals surface area contributed by atoms with Crippen molar-refractivity contribution in [1.29, 1.82) is 0 Å². The lowest BCUT2D eigenvalue weighted by molar-refractivity contribution is -0.143. The first-order valence-corrected chi connectivity index (χ1v) is 7.57. The van der Waals surface area contributed by atoms with Gasteiger partial charge >= 0.3 is 5.97 Å². The van der Waals surface area contributed by atoms with Gasteiger partial charge in [-0.25, -0.2) is 4.39 Å². The molecule has 0 saturated heterocycles. The summed E-state index contributed by atoms with van der Waals surface area (Å²) in [6, 6.07) is 10.1. The summed E-state index contributed by atoms with van der Waals surface area (Å²) in [6.45, 7) is 5.40. The van der Waals surface area contributed by atoms with Crippen LogP contribution in [0.25, 0.3) is 0 Å². The van der Waals surface area contributed by atoms with Gasteiger partial charge in [0.1, 0.15) is 12.2 Å². The largest absolute Gasteiger partial charge is 0.469 e. The topological polar surface area (TPSA) is 46.6 Å². The van der Waals surface area contributed by atoms with E-state index in [1.165, 1.54) is 24.1 Å². The van der Waals surface area contributed by atoms with E-state index < -0.39 is 11.9 Å². The van der Waals surface area contributed by atoms with Crippen LogP contribution < -0.4 is 4.90 Å². The minimum atomic E-state index is -0.616. The van der Waals surface area contributed by atoms with Crippen LogP contribution in [-0.2, 0) is 14.3 Å². The zero-order chi connectivity index (χ0) is 17.9. The lowest BCUT2D eigenvalue weighted by atomic mass is 10.1. The third kappa shape index (κ3) is 3.62. The number of hydrogen-bond acceptors (Lipinski definition) is 3. The van der Waals surface area contributed by atoms with Crippen molar-refractivity contribution in [2.75, 3.05) is 12.0 Å². The summed E-state index contributed by atoms with van der Waals surface area (Å²) in [4.78, 5) is 25.7. The number of anilines is 2. The Morgan fingerprint density at radius 1 is 1.04 bits per heavy atom. The van der Waals surface area contributed by atoms with Crippen LogP contribution in [0.15, 0.2) is 36.4 Å². The number of ether oxygens (including phenoxy) is 1. The third-order valence-corrected chi connectivity index (χ3v) is 3.84. The highest BCUT2D eigenvalue weighted by atomic mass is 19.1. The molecule has 2 aromatic rings. The summed E-state index contributed by atoms with van der Waals surface area (Å²) < 4.78 is 18.2. The van der Waals surface area contributed by atoms with Crippen molar-refractivity contribution in [1.82, 2.24) is 0 Å². The van der Waals surface area contributed by atoms with Crippen molar-refractivity contribution in [3.63, 3.8) is 0 Å². The fraction of sp³-hybridized carbons (Fsp3) is 0.263. The molecule has 5 heteroatoms. The Balaban J connectivity index is 2.59. The van der Waals surface area contributed by atoms with Crippen LogP contribution in [0.1, 0.15) is 23.1 Å². The number of para-hydroxylation sites is 1. The van der Waals surface area contributed by atoms with E-state index in [0.717, 1.165) is 11.1 Å². The molecular formula is C19H20FNO3. The van der Waals surface area contributed by atoms with Crippen LogP contribution in [0.4, 0.5) is 15.8 Å². The smallest absolute Gasteiger partial charge is 0.315 e. The Hall–Kier alpha value is -2.69. The molecule has 0 aliphatic rings. The number of esters is 1. The standard InChI is InChI=1S/C19H20FNO3/c1-12-6-5-7-13(2)19(12)21(17(22)11-18(23)24-4)15-8-9-16(20)14(3)10-15/h5-10H,11H2,1-4H3. The predicted molar refractivity (Wildman–Crippen MR) is 90.8 cm³/mol. The molecule has 1 amide bonds. The van der Waals surface area contributed by atoms with E-state index in [1.807, 2.05) is 32.0 Å². The lowest BCUT2D eigenvalue weighted by Gasteiger charge is -2.26. The van der Waals surface area contributed by atoms with Gasteiger partial charge in [-0.2, -0.15) is 0 Å². The summed E-state index contributed by atoms with van der Waals surface area (Å²) in [7, 11) is 1.24. The first-order valence-electron chi connectivity index (χ1n) is 7.57. The molecule has 0 spiro atoms. The molecule has 0 heterocycles. The number of amides is 1. The molecule has 0 aromatic heterocycles. The van der Waals surface area contributed by atoms with Gasteiger partial charge in [-0.15, -0.1) is 0 Å². The summed E-state index contributed by atoms with van der Waals surface area (Å²) in [5.74, 6) is -1.39. The first kappa shape index (κ1) is 17.7. The number of carbonyl (C=O) groups is 2. The zero-order valence-corrected chi connectivity index (χ0v) is 14.2. The molecule has 126 valence electrons. The van der Waals surface area contributed by atoms with Gasteiger partial charge in [-0.1, -0.05) is 18.2 Å². The highest BCUT2D eigenvalue weighted by Crippen LogP contribution is 2.33. The van der Waals surface area contributed by atoms with Gasteiger partial charge in [0.25, 0.3) is 0 Å². The van der Waals surface area contributed by atoms with Gasteiger partial charge in [0, 0.05) is 5.69 Å². The highest BCUT2D eigenvalue weighted by Gasteiger charge is 2.24. The second kappa shape index (κ2) is 7.25. The van der Waals surface area contributed by atoms with E-state index in [2.05, 4.69) is 4.74 Å². The lowest BCUT2D eigenvalue weighted by Crippen LogP contribution is -2.29. The van der Waals surface area contributed by atoms with Crippen molar-refractivity contribution in [2.45, 2.75) is 27.2 Å². The average Bonchev–Trinajstić information content (AvgIpc) is 2.53. The fourth-order valence-corrected chi connectivity index (χ4v) is 2.60. The normalized spacial score (nSPS) is 10.4. The molecule has 0 fully saturated rings. The Labute approximate surface area is 140 Å². The summed E-state index contributed by atoms with van der Waals surface area (Å²) in [5.41, 5.74) is 3.40. The molecule has 0 atom stereocenters. The van der Waals surface area contributed by atoms with Gasteiger partial charge in [-0.05, 0) is 55.7 Å². The fourth-order valence-electron chi connectivity index (χ4n) is 2.60. The van der Waals surface area contributed by atoms with Crippen LogP contribution in [0, 0.1) is 26.6 Å². The van der Waals surface area contributed by atoms with E-state index in [4.69, 9.17) is 0 Å². The van der Waals surface area contributed by atoms with Gasteiger partial charge < -0.3 is 4.74 Å². The Morgan fingerprint density at radius 2 is 1.67 bits per heavy atom. The summed E-state index contributed by atoms with van der Waals surface area (Å²) in [5, 5.41) is 0. The van der Waals surface area contributed by atoms with E-state index in [0.29, 0.717) is 16.9 Å². The number of carbonyl (C=O) groups excluding carboxylic acids is 2. The van der Waals surface area contributed by atoms with Gasteiger partial charge in [0.05, 0.1) is 12.8 Å². The Morgan fingerprint density at radius 3 is 2.21 bits per heavy atom. The zero-order valence-electron chi connectivity index (χ0n) is 14.2. The van der Waals surface area contributed by atoms with E-state index in [-0.39, 0.29) is 12.2 Å². The number of rotatable bonds is 4. The third-order valence-electron chi connectivity index (χ3n) is 3.84. The van der Waals surface area contributed by atoms with E-state index in [9.17, 15) is 14.0 Å². The monoisotopic (exact) mass is 329 g/mol. The number of hydrogen-bond donors (Lipinski definition) is 0. The first-order chi connectivity index (χ1) is 11.3. The minimum absolute atomic E-state index is 0.347. The summed E-state index contributed by atoms with van der Waals surface area (Å²) >= 11 is 0. The Bertz CT molecular complexity index is 766. The quantitative estimate of drug-likeness (QED) is 0.630. The van der Waals surface area contributed by atoms with E-state index >= 15 is 0 Å². The van der Waals surface area contributed by atoms with Crippen molar-refractivity contribution in [3.05, 3.63) is 58.9 Å². The molecule has 0 bridgehead atoms. The average molecular weight is 329 g/mol. The molecule has 0 aliphatic carbocycles. The van der Waals surface area contributed by atoms with Gasteiger partial charge in [0.15, 0.2) is 0 Å².